The molecule has 1 aromatic heterocycles. The maximum Gasteiger partial charge on any atom is 2.00 e. The molecule has 0 amide bonds. The van der Waals surface area contributed by atoms with Crippen molar-refractivity contribution in [1.29, 1.82) is 0 Å². The molecular weight excluding hydrogens is 432 g/mol. The molecule has 0 unspecified atom stereocenters. The molecule has 1 fully saturated rings. The van der Waals surface area contributed by atoms with Crippen molar-refractivity contribution in [2.24, 2.45) is 0 Å². The first-order valence-electron chi connectivity index (χ1n) is 9.05. The van der Waals surface area contributed by atoms with Crippen LogP contribution in [0.1, 0.15) is 17.4 Å². The molecule has 4 rings (SSSR count). The number of ether oxygens (including phenoxy) is 1. The zero-order chi connectivity index (χ0) is 20.8. The van der Waals surface area contributed by atoms with E-state index in [1.807, 2.05) is 54.6 Å². The Morgan fingerprint density at radius 3 is 2.33 bits per heavy atom. The summed E-state index contributed by atoms with van der Waals surface area (Å²) >= 11 is 0. The molecule has 1 saturated heterocycles. The zero-order valence-corrected chi connectivity index (χ0v) is 16.9. The molecule has 1 aliphatic heterocycles. The van der Waals surface area contributed by atoms with Crippen LogP contribution in [0.5, 0.6) is 0 Å². The summed E-state index contributed by atoms with van der Waals surface area (Å²) in [7, 11) is 0. The minimum Gasteiger partial charge on any atom is -0.394 e. The second-order valence-corrected chi connectivity index (χ2v) is 6.49. The van der Waals surface area contributed by atoms with E-state index in [9.17, 15) is 19.8 Å². The molecule has 3 aromatic rings. The van der Waals surface area contributed by atoms with E-state index < -0.39 is 42.4 Å². The first-order chi connectivity index (χ1) is 14.0. The summed E-state index contributed by atoms with van der Waals surface area (Å²) < 4.78 is 6.31. The number of hydrogen-bond donors (Lipinski definition) is 4. The Kier molecular flexibility index (Phi) is 8.73. The van der Waals surface area contributed by atoms with E-state index in [-0.39, 0.29) is 22.6 Å². The van der Waals surface area contributed by atoms with E-state index in [1.165, 1.54) is 12.3 Å². The predicted octanol–water partition coefficient (Wildman–Crippen LogP) is 0.440. The average Bonchev–Trinajstić information content (AvgIpc) is 3.47. The van der Waals surface area contributed by atoms with Gasteiger partial charge >= 0.3 is 22.8 Å². The van der Waals surface area contributed by atoms with Gasteiger partial charge in [0.25, 0.3) is 5.56 Å². The van der Waals surface area contributed by atoms with Gasteiger partial charge in [0, 0.05) is 11.8 Å². The quantitative estimate of drug-likeness (QED) is 0.335. The first-order valence-corrected chi connectivity index (χ1v) is 9.05. The summed E-state index contributed by atoms with van der Waals surface area (Å²) in [6.07, 6.45) is -0.456. The fourth-order valence-electron chi connectivity index (χ4n) is 2.93. The van der Waals surface area contributed by atoms with Gasteiger partial charge in [-0.1, -0.05) is 0 Å². The van der Waals surface area contributed by atoms with E-state index in [0.29, 0.717) is 0 Å². The van der Waals surface area contributed by atoms with Gasteiger partial charge in [-0.25, -0.2) is 16.9 Å². The molecule has 4 atom stereocenters. The van der Waals surface area contributed by atoms with Crippen LogP contribution in [0.4, 0.5) is 0 Å². The molecule has 4 N–H and O–H groups in total. The maximum atomic E-state index is 12.0. The second-order valence-electron chi connectivity index (χ2n) is 6.49. The average molecular weight is 454 g/mol. The largest absolute Gasteiger partial charge is 2.00 e. The third-order valence-corrected chi connectivity index (χ3v) is 4.49. The molecule has 160 valence electrons. The topological polar surface area (TPSA) is 125 Å². The SMILES string of the molecule is O=c1[nH]c(=O)n([C@@H]2O[C@H](CO)[C@@H](O)[C@H]2O)cc1C=C[c-]1cccc1.[Fe+2].c1cc[cH-]c1. The van der Waals surface area contributed by atoms with Crippen molar-refractivity contribution in [2.45, 2.75) is 24.5 Å². The normalized spacial score (nSPS) is 23.0. The number of H-pyrrole nitrogens is 1. The monoisotopic (exact) mass is 454 g/mol. The van der Waals surface area contributed by atoms with Crippen molar-refractivity contribution in [2.75, 3.05) is 6.61 Å². The van der Waals surface area contributed by atoms with Crippen LogP contribution in [0.15, 0.2) is 70.4 Å². The van der Waals surface area contributed by atoms with E-state index in [2.05, 4.69) is 4.98 Å². The van der Waals surface area contributed by atoms with Crippen LogP contribution in [0.3, 0.4) is 0 Å². The Morgan fingerprint density at radius 2 is 1.80 bits per heavy atom. The molecule has 8 nitrogen and oxygen atoms in total. The number of nitrogens with zero attached hydrogens (tertiary/aromatic N) is 1. The summed E-state index contributed by atoms with van der Waals surface area (Å²) in [6, 6.07) is 17.4. The summed E-state index contributed by atoms with van der Waals surface area (Å²) in [5, 5.41) is 28.9. The summed E-state index contributed by atoms with van der Waals surface area (Å²) in [5.41, 5.74) is -0.278. The Hall–Kier alpha value is -2.52. The molecule has 0 spiro atoms. The van der Waals surface area contributed by atoms with Crippen LogP contribution in [-0.2, 0) is 21.8 Å². The Bertz CT molecular complexity index is 1010. The fourth-order valence-corrected chi connectivity index (χ4v) is 2.93. The minimum atomic E-state index is -1.40. The van der Waals surface area contributed by atoms with E-state index >= 15 is 0 Å². The number of aromatic amines is 1. The van der Waals surface area contributed by atoms with Gasteiger partial charge < -0.3 is 20.1 Å². The standard InChI is InChI=1S/C16H17N2O6.C5H5.Fe/c19-8-11-12(20)13(21)15(24-11)18-7-10(14(22)17-16(18)23)6-5-9-3-1-2-4-9;1-2-4-5-3-1;/h1-7,11-13,15,19-21H,8H2,(H,17,22,23);1-5H;/q2*-1;+2/t11-,12-,13-,15-;;/m1../s1. The van der Waals surface area contributed by atoms with Crippen molar-refractivity contribution in [1.82, 2.24) is 9.55 Å². The van der Waals surface area contributed by atoms with Gasteiger partial charge in [0.1, 0.15) is 18.3 Å². The van der Waals surface area contributed by atoms with Crippen molar-refractivity contribution < 1.29 is 37.1 Å². The summed E-state index contributed by atoms with van der Waals surface area (Å²) in [4.78, 5) is 26.1. The van der Waals surface area contributed by atoms with Crippen LogP contribution in [0.25, 0.3) is 12.2 Å². The first kappa shape index (κ1) is 23.8. The molecule has 30 heavy (non-hydrogen) atoms. The third kappa shape index (κ3) is 5.54. The van der Waals surface area contributed by atoms with Gasteiger partial charge in [0.15, 0.2) is 6.23 Å². The van der Waals surface area contributed by atoms with Gasteiger partial charge in [-0.15, -0.1) is 29.8 Å². The van der Waals surface area contributed by atoms with E-state index in [1.54, 1.807) is 6.08 Å². The summed E-state index contributed by atoms with van der Waals surface area (Å²) in [5.74, 6) is 0. The van der Waals surface area contributed by atoms with Gasteiger partial charge in [-0.05, 0) is 0 Å². The minimum absolute atomic E-state index is 0. The van der Waals surface area contributed by atoms with E-state index in [0.717, 1.165) is 10.1 Å². The van der Waals surface area contributed by atoms with Crippen molar-refractivity contribution in [3.05, 3.63) is 92.8 Å². The van der Waals surface area contributed by atoms with Gasteiger partial charge in [-0.2, -0.15) is 30.3 Å². The number of aliphatic hydroxyl groups excluding tert-OH is 3. The van der Waals surface area contributed by atoms with Gasteiger partial charge in [0.2, 0.25) is 0 Å². The molecule has 0 radical (unpaired) electrons. The number of rotatable bonds is 4. The van der Waals surface area contributed by atoms with Crippen LogP contribution in [0.2, 0.25) is 0 Å². The van der Waals surface area contributed by atoms with Crippen LogP contribution >= 0.6 is 0 Å². The number of aliphatic hydroxyl groups is 3. The van der Waals surface area contributed by atoms with E-state index in [4.69, 9.17) is 9.84 Å². The van der Waals surface area contributed by atoms with Crippen molar-refractivity contribution >= 4 is 12.2 Å². The number of hydrogen-bond acceptors (Lipinski definition) is 6. The molecule has 1 aliphatic rings. The number of aromatic nitrogens is 2. The molecule has 0 aliphatic carbocycles. The van der Waals surface area contributed by atoms with Gasteiger partial charge in [0.05, 0.1) is 6.61 Å². The second kappa shape index (κ2) is 11.0. The summed E-state index contributed by atoms with van der Waals surface area (Å²) in [6.45, 7) is -0.503. The molecule has 2 aromatic carbocycles. The molecular formula is C21H22FeN2O6. The fraction of sp³-hybridized carbons (Fsp3) is 0.238. The maximum absolute atomic E-state index is 12.0. The smallest absolute Gasteiger partial charge is 0.394 e. The molecule has 2 heterocycles. The van der Waals surface area contributed by atoms with Gasteiger partial charge in [-0.3, -0.25) is 14.3 Å². The third-order valence-electron chi connectivity index (χ3n) is 4.49. The van der Waals surface area contributed by atoms with Crippen molar-refractivity contribution in [3.63, 3.8) is 0 Å². The molecule has 0 bridgehead atoms. The Balaban J connectivity index is 0.000000468. The number of nitrogens with one attached hydrogen (secondary N) is 1. The zero-order valence-electron chi connectivity index (χ0n) is 15.8. The Morgan fingerprint density at radius 1 is 1.13 bits per heavy atom. The van der Waals surface area contributed by atoms with Crippen LogP contribution < -0.4 is 11.2 Å². The Labute approximate surface area is 182 Å². The van der Waals surface area contributed by atoms with Crippen molar-refractivity contribution in [3.8, 4) is 0 Å². The van der Waals surface area contributed by atoms with Crippen LogP contribution in [-0.4, -0.2) is 49.8 Å². The molecule has 9 heteroatoms. The van der Waals surface area contributed by atoms with Crippen LogP contribution in [0, 0.1) is 0 Å². The predicted molar refractivity (Wildman–Crippen MR) is 107 cm³/mol. The molecule has 0 saturated carbocycles.